The number of nitrogens with zero attached hydrogens (tertiary/aromatic N) is 5. The molecule has 1 aromatic heterocycles. The number of halogens is 1. The fourth-order valence-electron chi connectivity index (χ4n) is 2.21. The molecule has 0 radical (unpaired) electrons. The molecule has 0 aliphatic carbocycles. The summed E-state index contributed by atoms with van der Waals surface area (Å²) in [5.41, 5.74) is 2.76. The predicted molar refractivity (Wildman–Crippen MR) is 90.8 cm³/mol. The maximum Gasteiger partial charge on any atom is 0.263 e. The van der Waals surface area contributed by atoms with Gasteiger partial charge < -0.3 is 5.11 Å². The van der Waals surface area contributed by atoms with Crippen LogP contribution in [0.5, 0.6) is 5.75 Å². The van der Waals surface area contributed by atoms with Crippen LogP contribution >= 0.6 is 11.6 Å². The van der Waals surface area contributed by atoms with Gasteiger partial charge in [0.25, 0.3) is 11.6 Å². The van der Waals surface area contributed by atoms with Crippen molar-refractivity contribution in [2.75, 3.05) is 0 Å². The number of carbonyl (C=O) groups is 1. The highest BCUT2D eigenvalue weighted by Crippen LogP contribution is 2.29. The van der Waals surface area contributed by atoms with E-state index in [1.807, 2.05) is 0 Å². The molecule has 1 heterocycles. The van der Waals surface area contributed by atoms with Gasteiger partial charge in [-0.05, 0) is 29.5 Å². The number of para-hydroxylation sites is 1. The van der Waals surface area contributed by atoms with Crippen LogP contribution in [0.1, 0.15) is 5.56 Å². The van der Waals surface area contributed by atoms with Gasteiger partial charge in [0.05, 0.1) is 16.7 Å². The number of benzene rings is 2. The van der Waals surface area contributed by atoms with E-state index in [0.717, 1.165) is 12.3 Å². The summed E-state index contributed by atoms with van der Waals surface area (Å²) in [5, 5.41) is 34.2. The van der Waals surface area contributed by atoms with Gasteiger partial charge in [-0.15, -0.1) is 5.10 Å². The first-order valence-corrected chi connectivity index (χ1v) is 7.58. The third-order valence-electron chi connectivity index (χ3n) is 3.37. The first kappa shape index (κ1) is 17.3. The van der Waals surface area contributed by atoms with Crippen LogP contribution in [0.25, 0.3) is 11.0 Å². The Morgan fingerprint density at radius 1 is 1.38 bits per heavy atom. The van der Waals surface area contributed by atoms with E-state index in [1.165, 1.54) is 10.7 Å². The van der Waals surface area contributed by atoms with Crippen LogP contribution in [0.3, 0.4) is 0 Å². The van der Waals surface area contributed by atoms with Crippen LogP contribution in [-0.4, -0.2) is 32.0 Å². The van der Waals surface area contributed by atoms with E-state index >= 15 is 0 Å². The summed E-state index contributed by atoms with van der Waals surface area (Å²) < 4.78 is 1.39. The second kappa shape index (κ2) is 7.15. The van der Waals surface area contributed by atoms with E-state index in [-0.39, 0.29) is 17.1 Å². The fraction of sp³-hybridized carbons (Fsp3) is 0.0667. The van der Waals surface area contributed by atoms with Gasteiger partial charge in [0, 0.05) is 11.1 Å². The molecule has 1 amide bonds. The van der Waals surface area contributed by atoms with E-state index in [0.29, 0.717) is 11.0 Å². The minimum atomic E-state index is -0.848. The van der Waals surface area contributed by atoms with E-state index in [1.54, 1.807) is 24.3 Å². The Morgan fingerprint density at radius 3 is 2.92 bits per heavy atom. The third-order valence-corrected chi connectivity index (χ3v) is 3.58. The fourth-order valence-corrected chi connectivity index (χ4v) is 2.43. The molecule has 10 nitrogen and oxygen atoms in total. The van der Waals surface area contributed by atoms with Gasteiger partial charge in [-0.1, -0.05) is 28.9 Å². The van der Waals surface area contributed by atoms with Crippen molar-refractivity contribution in [3.05, 3.63) is 57.1 Å². The Kier molecular flexibility index (Phi) is 4.76. The smallest absolute Gasteiger partial charge is 0.263 e. The van der Waals surface area contributed by atoms with E-state index in [9.17, 15) is 20.0 Å². The summed E-state index contributed by atoms with van der Waals surface area (Å²) in [6.07, 6.45) is 0.999. The lowest BCUT2D eigenvalue weighted by atomic mass is 10.2. The Balaban J connectivity index is 1.71. The molecule has 2 aromatic carbocycles. The minimum Gasteiger partial charge on any atom is -0.867 e. The van der Waals surface area contributed by atoms with E-state index < -0.39 is 22.3 Å². The van der Waals surface area contributed by atoms with Crippen LogP contribution in [0, 0.1) is 10.1 Å². The van der Waals surface area contributed by atoms with Gasteiger partial charge in [-0.3, -0.25) is 14.9 Å². The number of nitro benzene ring substituents is 1. The normalized spacial score (nSPS) is 11.1. The van der Waals surface area contributed by atoms with Crippen LogP contribution in [0.2, 0.25) is 5.02 Å². The third kappa shape index (κ3) is 3.59. The number of aromatic nitrogens is 3. The number of hydrogen-bond acceptors (Lipinski definition) is 7. The summed E-state index contributed by atoms with van der Waals surface area (Å²) in [5.74, 6) is -1.36. The second-order valence-electron chi connectivity index (χ2n) is 5.13. The number of rotatable bonds is 5. The summed E-state index contributed by atoms with van der Waals surface area (Å²) in [4.78, 5) is 21.9. The number of nitrogens with one attached hydrogen (secondary N) is 1. The first-order valence-electron chi connectivity index (χ1n) is 7.21. The Bertz CT molecular complexity index is 1030. The number of hydrazone groups is 1. The van der Waals surface area contributed by atoms with Crippen LogP contribution in [-0.2, 0) is 11.3 Å². The summed E-state index contributed by atoms with van der Waals surface area (Å²) in [6.45, 7) is -0.141. The van der Waals surface area contributed by atoms with Crippen molar-refractivity contribution in [2.24, 2.45) is 5.10 Å². The molecule has 3 aromatic rings. The van der Waals surface area contributed by atoms with Gasteiger partial charge >= 0.3 is 0 Å². The maximum atomic E-state index is 11.9. The molecule has 0 aliphatic rings. The van der Waals surface area contributed by atoms with Crippen LogP contribution in [0.4, 0.5) is 5.69 Å². The monoisotopic (exact) mass is 373 g/mol. The lowest BCUT2D eigenvalue weighted by Gasteiger charge is -2.10. The molecular formula is C15H10ClN6O4-. The van der Waals surface area contributed by atoms with E-state index in [2.05, 4.69) is 20.8 Å². The number of fused-ring (bicyclic) bond motifs is 1. The topological polar surface area (TPSA) is 138 Å². The van der Waals surface area contributed by atoms with Crippen molar-refractivity contribution in [1.29, 1.82) is 0 Å². The van der Waals surface area contributed by atoms with Crippen molar-refractivity contribution in [1.82, 2.24) is 20.4 Å². The number of hydrogen-bond donors (Lipinski definition) is 1. The van der Waals surface area contributed by atoms with Gasteiger partial charge in [-0.2, -0.15) is 5.10 Å². The van der Waals surface area contributed by atoms with Crippen LogP contribution in [0.15, 0.2) is 41.5 Å². The molecular weight excluding hydrogens is 364 g/mol. The highest BCUT2D eigenvalue weighted by Gasteiger charge is 2.11. The van der Waals surface area contributed by atoms with Crippen molar-refractivity contribution in [3.8, 4) is 5.75 Å². The molecule has 0 saturated heterocycles. The lowest BCUT2D eigenvalue weighted by molar-refractivity contribution is -0.398. The molecule has 0 bridgehead atoms. The molecule has 1 N–H and O–H groups in total. The molecule has 0 unspecified atom stereocenters. The average Bonchev–Trinajstić information content (AvgIpc) is 3.00. The van der Waals surface area contributed by atoms with Crippen molar-refractivity contribution in [2.45, 2.75) is 6.54 Å². The van der Waals surface area contributed by atoms with Gasteiger partial charge in [0.1, 0.15) is 12.1 Å². The maximum absolute atomic E-state index is 11.9. The SMILES string of the molecule is O=C(Cn1nnc2ccccc21)N/N=C/c1cc(Cl)cc([N+](=O)[O-])c1[O-]. The minimum absolute atomic E-state index is 0.0122. The first-order chi connectivity index (χ1) is 12.5. The van der Waals surface area contributed by atoms with Gasteiger partial charge in [0.2, 0.25) is 0 Å². The zero-order chi connectivity index (χ0) is 18.7. The van der Waals surface area contributed by atoms with Gasteiger partial charge in [0.15, 0.2) is 0 Å². The number of nitro groups is 1. The number of carbonyl (C=O) groups excluding carboxylic acids is 1. The molecule has 0 saturated carbocycles. The average molecular weight is 374 g/mol. The zero-order valence-corrected chi connectivity index (χ0v) is 13.8. The highest BCUT2D eigenvalue weighted by molar-refractivity contribution is 6.31. The summed E-state index contributed by atoms with van der Waals surface area (Å²) in [7, 11) is 0. The zero-order valence-electron chi connectivity index (χ0n) is 13.0. The lowest BCUT2D eigenvalue weighted by Crippen LogP contribution is -2.23. The summed E-state index contributed by atoms with van der Waals surface area (Å²) >= 11 is 5.75. The molecule has 0 spiro atoms. The van der Waals surface area contributed by atoms with Crippen molar-refractivity contribution in [3.63, 3.8) is 0 Å². The second-order valence-corrected chi connectivity index (χ2v) is 5.57. The molecule has 11 heteroatoms. The quantitative estimate of drug-likeness (QED) is 0.405. The largest absolute Gasteiger partial charge is 0.867 e. The van der Waals surface area contributed by atoms with Crippen LogP contribution < -0.4 is 10.5 Å². The Labute approximate surface area is 150 Å². The molecule has 26 heavy (non-hydrogen) atoms. The Morgan fingerprint density at radius 2 is 2.15 bits per heavy atom. The molecule has 0 fully saturated rings. The highest BCUT2D eigenvalue weighted by atomic mass is 35.5. The van der Waals surface area contributed by atoms with Crippen molar-refractivity contribution >= 4 is 40.4 Å². The van der Waals surface area contributed by atoms with E-state index in [4.69, 9.17) is 11.6 Å². The standard InChI is InChI=1S/C15H11ClN6O4/c16-10-5-9(15(24)13(6-10)22(25)26)7-17-19-14(23)8-21-12-4-2-1-3-11(12)18-20-21/h1-7,24H,8H2,(H,19,23)/p-1/b17-7+. The Hall–Kier alpha value is -3.53. The number of amides is 1. The van der Waals surface area contributed by atoms with Crippen molar-refractivity contribution < 1.29 is 14.8 Å². The molecule has 3 rings (SSSR count). The molecule has 0 atom stereocenters. The van der Waals surface area contributed by atoms with Gasteiger partial charge in [-0.25, -0.2) is 10.1 Å². The molecule has 0 aliphatic heterocycles. The molecule has 132 valence electrons. The predicted octanol–water partition coefficient (Wildman–Crippen LogP) is 1.22. The summed E-state index contributed by atoms with van der Waals surface area (Å²) in [6, 6.07) is 9.29.